The molecule has 1 heterocycles. The van der Waals surface area contributed by atoms with Crippen LogP contribution in [0.3, 0.4) is 0 Å². The van der Waals surface area contributed by atoms with E-state index in [9.17, 15) is 4.79 Å². The monoisotopic (exact) mass is 280 g/mol. The van der Waals surface area contributed by atoms with E-state index in [0.717, 1.165) is 10.7 Å². The second kappa shape index (κ2) is 5.50. The summed E-state index contributed by atoms with van der Waals surface area (Å²) in [5, 5.41) is 3.55. The van der Waals surface area contributed by atoms with E-state index in [0.29, 0.717) is 17.1 Å². The Balaban J connectivity index is 2.09. The van der Waals surface area contributed by atoms with Crippen LogP contribution in [-0.4, -0.2) is 22.8 Å². The predicted octanol–water partition coefficient (Wildman–Crippen LogP) is 3.38. The molecule has 2 rings (SSSR count). The number of amides is 1. The van der Waals surface area contributed by atoms with E-state index in [2.05, 4.69) is 4.98 Å². The normalized spacial score (nSPS) is 10.4. The maximum absolute atomic E-state index is 12.2. The molecule has 2 aromatic rings. The Hall–Kier alpha value is -1.39. The smallest absolute Gasteiger partial charge is 0.253 e. The number of thiazole rings is 1. The van der Waals surface area contributed by atoms with Crippen molar-refractivity contribution in [2.45, 2.75) is 13.5 Å². The molecule has 0 unspecified atom stereocenters. The van der Waals surface area contributed by atoms with E-state index in [4.69, 9.17) is 11.6 Å². The molecule has 3 nitrogen and oxygen atoms in total. The molecule has 1 amide bonds. The summed E-state index contributed by atoms with van der Waals surface area (Å²) in [4.78, 5) is 18.1. The highest BCUT2D eigenvalue weighted by molar-refractivity contribution is 7.09. The van der Waals surface area contributed by atoms with Crippen molar-refractivity contribution in [1.82, 2.24) is 9.88 Å². The van der Waals surface area contributed by atoms with Gasteiger partial charge in [0.15, 0.2) is 0 Å². The zero-order valence-electron chi connectivity index (χ0n) is 10.2. The number of halogens is 1. The highest BCUT2D eigenvalue weighted by Crippen LogP contribution is 2.14. The summed E-state index contributed by atoms with van der Waals surface area (Å²) in [5.41, 5.74) is 1.51. The molecular formula is C13H13ClN2OS. The number of carbonyl (C=O) groups is 1. The molecule has 0 aliphatic carbocycles. The zero-order valence-corrected chi connectivity index (χ0v) is 11.8. The predicted molar refractivity (Wildman–Crippen MR) is 74.1 cm³/mol. The van der Waals surface area contributed by atoms with Crippen LogP contribution in [0.4, 0.5) is 0 Å². The number of rotatable bonds is 3. The molecule has 0 N–H and O–H groups in total. The molecule has 5 heteroatoms. The van der Waals surface area contributed by atoms with Gasteiger partial charge in [-0.2, -0.15) is 0 Å². The Bertz CT molecular complexity index is 568. The largest absolute Gasteiger partial charge is 0.336 e. The molecule has 1 aromatic heterocycles. The Kier molecular flexibility index (Phi) is 3.99. The van der Waals surface area contributed by atoms with Crippen molar-refractivity contribution in [3.8, 4) is 0 Å². The van der Waals surface area contributed by atoms with Gasteiger partial charge in [-0.3, -0.25) is 4.79 Å². The summed E-state index contributed by atoms with van der Waals surface area (Å²) in [5.74, 6) is -0.0526. The Morgan fingerprint density at radius 1 is 1.50 bits per heavy atom. The quantitative estimate of drug-likeness (QED) is 0.863. The summed E-state index contributed by atoms with van der Waals surface area (Å²) >= 11 is 7.46. The lowest BCUT2D eigenvalue weighted by atomic mass is 10.2. The zero-order chi connectivity index (χ0) is 13.1. The number of aryl methyl sites for hydroxylation is 1. The fourth-order valence-corrected chi connectivity index (χ4v) is 2.43. The molecule has 0 fully saturated rings. The summed E-state index contributed by atoms with van der Waals surface area (Å²) < 4.78 is 0. The molecule has 0 radical (unpaired) electrons. The van der Waals surface area contributed by atoms with E-state index in [-0.39, 0.29) is 5.91 Å². The fourth-order valence-electron chi connectivity index (χ4n) is 1.64. The summed E-state index contributed by atoms with van der Waals surface area (Å²) in [6.45, 7) is 2.46. The van der Waals surface area contributed by atoms with Gasteiger partial charge in [0, 0.05) is 23.0 Å². The average molecular weight is 281 g/mol. The van der Waals surface area contributed by atoms with E-state index in [1.807, 2.05) is 12.3 Å². The number of benzene rings is 1. The standard InChI is InChI=1S/C13H13ClN2OS/c1-9-15-12(8-18-9)7-16(2)13(17)10-4-3-5-11(14)6-10/h3-6,8H,7H2,1-2H3. The van der Waals surface area contributed by atoms with Crippen molar-refractivity contribution >= 4 is 28.8 Å². The van der Waals surface area contributed by atoms with E-state index in [1.165, 1.54) is 0 Å². The van der Waals surface area contributed by atoms with Crippen LogP contribution in [0.5, 0.6) is 0 Å². The van der Waals surface area contributed by atoms with Crippen molar-refractivity contribution in [2.75, 3.05) is 7.05 Å². The van der Waals surface area contributed by atoms with E-state index < -0.39 is 0 Å². The van der Waals surface area contributed by atoms with Gasteiger partial charge in [0.05, 0.1) is 17.2 Å². The summed E-state index contributed by atoms with van der Waals surface area (Å²) in [6, 6.07) is 6.96. The number of hydrogen-bond acceptors (Lipinski definition) is 3. The third kappa shape index (κ3) is 3.09. The van der Waals surface area contributed by atoms with Crippen molar-refractivity contribution in [2.24, 2.45) is 0 Å². The maximum Gasteiger partial charge on any atom is 0.253 e. The van der Waals surface area contributed by atoms with Crippen LogP contribution < -0.4 is 0 Å². The van der Waals surface area contributed by atoms with Crippen molar-refractivity contribution < 1.29 is 4.79 Å². The van der Waals surface area contributed by atoms with Crippen molar-refractivity contribution in [3.63, 3.8) is 0 Å². The highest BCUT2D eigenvalue weighted by Gasteiger charge is 2.13. The number of hydrogen-bond donors (Lipinski definition) is 0. The SMILES string of the molecule is Cc1nc(CN(C)C(=O)c2cccc(Cl)c2)cs1. The molecule has 0 aliphatic rings. The van der Waals surface area contributed by atoms with Gasteiger partial charge in [0.1, 0.15) is 0 Å². The van der Waals surface area contributed by atoms with Gasteiger partial charge in [-0.25, -0.2) is 4.98 Å². The van der Waals surface area contributed by atoms with Gasteiger partial charge in [-0.05, 0) is 25.1 Å². The van der Waals surface area contributed by atoms with Gasteiger partial charge in [-0.1, -0.05) is 17.7 Å². The third-order valence-electron chi connectivity index (χ3n) is 2.48. The molecule has 0 aliphatic heterocycles. The van der Waals surface area contributed by atoms with E-state index >= 15 is 0 Å². The average Bonchev–Trinajstić information content (AvgIpc) is 2.73. The number of nitrogens with zero attached hydrogens (tertiary/aromatic N) is 2. The van der Waals surface area contributed by atoms with Crippen molar-refractivity contribution in [3.05, 3.63) is 50.9 Å². The van der Waals surface area contributed by atoms with Crippen LogP contribution in [0.2, 0.25) is 5.02 Å². The fraction of sp³-hybridized carbons (Fsp3) is 0.231. The molecule has 0 spiro atoms. The van der Waals surface area contributed by atoms with Crippen LogP contribution in [0, 0.1) is 6.92 Å². The van der Waals surface area contributed by atoms with Gasteiger partial charge >= 0.3 is 0 Å². The molecule has 0 atom stereocenters. The lowest BCUT2D eigenvalue weighted by Gasteiger charge is -2.15. The van der Waals surface area contributed by atoms with Crippen LogP contribution >= 0.6 is 22.9 Å². The van der Waals surface area contributed by atoms with Crippen LogP contribution in [-0.2, 0) is 6.54 Å². The van der Waals surface area contributed by atoms with Gasteiger partial charge in [0.25, 0.3) is 5.91 Å². The number of carbonyl (C=O) groups excluding carboxylic acids is 1. The maximum atomic E-state index is 12.2. The molecule has 1 aromatic carbocycles. The van der Waals surface area contributed by atoms with Crippen LogP contribution in [0.1, 0.15) is 21.1 Å². The molecular weight excluding hydrogens is 268 g/mol. The second-order valence-electron chi connectivity index (χ2n) is 4.03. The topological polar surface area (TPSA) is 33.2 Å². The summed E-state index contributed by atoms with van der Waals surface area (Å²) in [7, 11) is 1.76. The third-order valence-corrected chi connectivity index (χ3v) is 3.54. The minimum absolute atomic E-state index is 0.0526. The molecule has 0 bridgehead atoms. The highest BCUT2D eigenvalue weighted by atomic mass is 35.5. The first kappa shape index (κ1) is 13.1. The minimum Gasteiger partial charge on any atom is -0.336 e. The Labute approximate surface area is 115 Å². The summed E-state index contributed by atoms with van der Waals surface area (Å²) in [6.07, 6.45) is 0. The Morgan fingerprint density at radius 3 is 2.89 bits per heavy atom. The first-order chi connectivity index (χ1) is 8.56. The first-order valence-corrected chi connectivity index (χ1v) is 6.74. The van der Waals surface area contributed by atoms with Crippen LogP contribution in [0.25, 0.3) is 0 Å². The molecule has 94 valence electrons. The van der Waals surface area contributed by atoms with Gasteiger partial charge in [0.2, 0.25) is 0 Å². The van der Waals surface area contributed by atoms with Gasteiger partial charge in [-0.15, -0.1) is 11.3 Å². The lowest BCUT2D eigenvalue weighted by Crippen LogP contribution is -2.26. The molecule has 18 heavy (non-hydrogen) atoms. The first-order valence-electron chi connectivity index (χ1n) is 5.48. The Morgan fingerprint density at radius 2 is 2.28 bits per heavy atom. The second-order valence-corrected chi connectivity index (χ2v) is 5.53. The van der Waals surface area contributed by atoms with Crippen molar-refractivity contribution in [1.29, 1.82) is 0 Å². The van der Waals surface area contributed by atoms with E-state index in [1.54, 1.807) is 47.5 Å². The lowest BCUT2D eigenvalue weighted by molar-refractivity contribution is 0.0783. The van der Waals surface area contributed by atoms with Gasteiger partial charge < -0.3 is 4.90 Å². The minimum atomic E-state index is -0.0526. The molecule has 0 saturated heterocycles. The molecule has 0 saturated carbocycles. The van der Waals surface area contributed by atoms with Crippen LogP contribution in [0.15, 0.2) is 29.6 Å². The number of aromatic nitrogens is 1.